The molecule has 1 aliphatic heterocycles. The Kier molecular flexibility index (Phi) is 7.05. The third-order valence-corrected chi connectivity index (χ3v) is 5.23. The van der Waals surface area contributed by atoms with Gasteiger partial charge in [0.25, 0.3) is 0 Å². The van der Waals surface area contributed by atoms with Gasteiger partial charge >= 0.3 is 6.03 Å². The third kappa shape index (κ3) is 5.69. The monoisotopic (exact) mass is 425 g/mol. The molecule has 31 heavy (non-hydrogen) atoms. The molecule has 7 heteroatoms. The lowest BCUT2D eigenvalue weighted by Gasteiger charge is -2.25. The van der Waals surface area contributed by atoms with Gasteiger partial charge in [-0.2, -0.15) is 0 Å². The van der Waals surface area contributed by atoms with Crippen molar-refractivity contribution in [1.82, 2.24) is 10.6 Å². The Hall–Kier alpha value is -3.22. The van der Waals surface area contributed by atoms with Gasteiger partial charge in [-0.15, -0.1) is 0 Å². The number of urea groups is 1. The van der Waals surface area contributed by atoms with Crippen LogP contribution in [0.25, 0.3) is 0 Å². The van der Waals surface area contributed by atoms with Gasteiger partial charge in [0.1, 0.15) is 13.2 Å². The molecule has 7 nitrogen and oxygen atoms in total. The van der Waals surface area contributed by atoms with Crippen molar-refractivity contribution in [3.63, 3.8) is 0 Å². The van der Waals surface area contributed by atoms with Gasteiger partial charge < -0.3 is 25.4 Å². The molecule has 1 aliphatic rings. The summed E-state index contributed by atoms with van der Waals surface area (Å²) in [5, 5.41) is 8.51. The Morgan fingerprint density at radius 3 is 2.26 bits per heavy atom. The Bertz CT molecular complexity index is 948. The molecule has 0 radical (unpaired) electrons. The number of hydrogen-bond acceptors (Lipinski definition) is 4. The molecule has 0 spiro atoms. The number of rotatable bonds is 6. The molecule has 1 atom stereocenters. The average Bonchev–Trinajstić information content (AvgIpc) is 2.72. The molecule has 0 unspecified atom stereocenters. The molecule has 3 amide bonds. The first-order chi connectivity index (χ1) is 14.7. The second-order valence-electron chi connectivity index (χ2n) is 8.27. The predicted octanol–water partition coefficient (Wildman–Crippen LogP) is 4.02. The zero-order chi connectivity index (χ0) is 22.5. The Morgan fingerprint density at radius 1 is 0.968 bits per heavy atom. The number of fused-ring (bicyclic) bond motifs is 1. The number of aryl methyl sites for hydroxylation is 3. The van der Waals surface area contributed by atoms with Gasteiger partial charge in [0.2, 0.25) is 5.91 Å². The van der Waals surface area contributed by atoms with Crippen LogP contribution in [0.4, 0.5) is 10.5 Å². The number of amides is 3. The van der Waals surface area contributed by atoms with Crippen LogP contribution in [0.5, 0.6) is 11.5 Å². The predicted molar refractivity (Wildman–Crippen MR) is 121 cm³/mol. The first kappa shape index (κ1) is 22.5. The van der Waals surface area contributed by atoms with Crippen molar-refractivity contribution in [3.05, 3.63) is 52.6 Å². The van der Waals surface area contributed by atoms with Crippen LogP contribution in [-0.4, -0.2) is 31.7 Å². The topological polar surface area (TPSA) is 88.7 Å². The van der Waals surface area contributed by atoms with E-state index in [0.29, 0.717) is 24.7 Å². The van der Waals surface area contributed by atoms with E-state index in [4.69, 9.17) is 9.47 Å². The van der Waals surface area contributed by atoms with Crippen molar-refractivity contribution in [3.8, 4) is 11.5 Å². The number of hydrogen-bond donors (Lipinski definition) is 3. The standard InChI is InChI=1S/C24H31N3O4/c1-14(2)22(18-6-7-19-20(12-18)31-9-8-30-19)27-24(29)25-13-21(28)26-23-16(4)10-15(3)11-17(23)5/h6-7,10-12,14,22H,8-9,13H2,1-5H3,(H,26,28)(H2,25,27,29)/t22-/m0/s1. The average molecular weight is 426 g/mol. The number of nitrogens with one attached hydrogen (secondary N) is 3. The number of carbonyl (C=O) groups is 2. The lowest BCUT2D eigenvalue weighted by atomic mass is 9.95. The highest BCUT2D eigenvalue weighted by Crippen LogP contribution is 2.34. The molecular weight excluding hydrogens is 394 g/mol. The molecule has 0 fully saturated rings. The smallest absolute Gasteiger partial charge is 0.315 e. The van der Waals surface area contributed by atoms with Gasteiger partial charge in [0, 0.05) is 5.69 Å². The fourth-order valence-electron chi connectivity index (χ4n) is 3.80. The lowest BCUT2D eigenvalue weighted by molar-refractivity contribution is -0.115. The van der Waals surface area contributed by atoms with Crippen molar-refractivity contribution in [2.45, 2.75) is 40.7 Å². The minimum absolute atomic E-state index is 0.120. The van der Waals surface area contributed by atoms with E-state index in [1.54, 1.807) is 0 Å². The van der Waals surface area contributed by atoms with Crippen LogP contribution in [0.1, 0.15) is 42.1 Å². The van der Waals surface area contributed by atoms with E-state index >= 15 is 0 Å². The molecule has 2 aromatic carbocycles. The normalized spacial score (nSPS) is 13.5. The van der Waals surface area contributed by atoms with Crippen LogP contribution in [0.3, 0.4) is 0 Å². The summed E-state index contributed by atoms with van der Waals surface area (Å²) in [6.45, 7) is 10.9. The van der Waals surface area contributed by atoms with Crippen LogP contribution in [0, 0.1) is 26.7 Å². The second-order valence-corrected chi connectivity index (χ2v) is 8.27. The van der Waals surface area contributed by atoms with Crippen LogP contribution in [0.15, 0.2) is 30.3 Å². The summed E-state index contributed by atoms with van der Waals surface area (Å²) >= 11 is 0. The third-order valence-electron chi connectivity index (χ3n) is 5.23. The highest BCUT2D eigenvalue weighted by Gasteiger charge is 2.22. The molecule has 0 aromatic heterocycles. The van der Waals surface area contributed by atoms with Gasteiger partial charge in [-0.05, 0) is 55.5 Å². The maximum atomic E-state index is 12.5. The fourth-order valence-corrected chi connectivity index (χ4v) is 3.80. The van der Waals surface area contributed by atoms with Crippen molar-refractivity contribution in [2.75, 3.05) is 25.1 Å². The SMILES string of the molecule is Cc1cc(C)c(NC(=O)CNC(=O)N[C@H](c2ccc3c(c2)OCCO3)C(C)C)c(C)c1. The quantitative estimate of drug-likeness (QED) is 0.652. The van der Waals surface area contributed by atoms with Crippen LogP contribution >= 0.6 is 0 Å². The van der Waals surface area contributed by atoms with E-state index in [9.17, 15) is 9.59 Å². The van der Waals surface area contributed by atoms with E-state index in [1.807, 2.05) is 65.0 Å². The number of ether oxygens (including phenoxy) is 2. The largest absolute Gasteiger partial charge is 0.486 e. The number of anilines is 1. The van der Waals surface area contributed by atoms with Crippen molar-refractivity contribution >= 4 is 17.6 Å². The first-order valence-corrected chi connectivity index (χ1v) is 10.6. The molecule has 3 N–H and O–H groups in total. The van der Waals surface area contributed by atoms with E-state index in [-0.39, 0.29) is 24.4 Å². The maximum Gasteiger partial charge on any atom is 0.315 e. The summed E-state index contributed by atoms with van der Waals surface area (Å²) in [5.41, 5.74) is 4.84. The van der Waals surface area contributed by atoms with Crippen LogP contribution < -0.4 is 25.4 Å². The zero-order valence-corrected chi connectivity index (χ0v) is 18.8. The minimum Gasteiger partial charge on any atom is -0.486 e. The number of benzene rings is 2. The summed E-state index contributed by atoms with van der Waals surface area (Å²) in [6.07, 6.45) is 0. The molecular formula is C24H31N3O4. The van der Waals surface area contributed by atoms with Gasteiger partial charge in [-0.25, -0.2) is 4.79 Å². The van der Waals surface area contributed by atoms with Crippen molar-refractivity contribution in [2.24, 2.45) is 5.92 Å². The Balaban J connectivity index is 1.59. The molecule has 1 heterocycles. The van der Waals surface area contributed by atoms with E-state index in [2.05, 4.69) is 16.0 Å². The summed E-state index contributed by atoms with van der Waals surface area (Å²) < 4.78 is 11.2. The molecule has 3 rings (SSSR count). The summed E-state index contributed by atoms with van der Waals surface area (Å²) in [7, 11) is 0. The van der Waals surface area contributed by atoms with Gasteiger partial charge in [-0.1, -0.05) is 37.6 Å². The van der Waals surface area contributed by atoms with E-state index < -0.39 is 6.03 Å². The van der Waals surface area contributed by atoms with Gasteiger partial charge in [0.15, 0.2) is 11.5 Å². The molecule has 0 aliphatic carbocycles. The highest BCUT2D eigenvalue weighted by atomic mass is 16.6. The van der Waals surface area contributed by atoms with Crippen molar-refractivity contribution < 1.29 is 19.1 Å². The lowest BCUT2D eigenvalue weighted by Crippen LogP contribution is -2.42. The zero-order valence-electron chi connectivity index (χ0n) is 18.8. The van der Waals surface area contributed by atoms with Crippen LogP contribution in [0.2, 0.25) is 0 Å². The number of carbonyl (C=O) groups excluding carboxylic acids is 2. The van der Waals surface area contributed by atoms with Crippen molar-refractivity contribution in [1.29, 1.82) is 0 Å². The molecule has 0 saturated heterocycles. The van der Waals surface area contributed by atoms with Gasteiger partial charge in [0.05, 0.1) is 12.6 Å². The molecule has 0 bridgehead atoms. The second kappa shape index (κ2) is 9.73. The molecule has 0 saturated carbocycles. The van der Waals surface area contributed by atoms with Crippen LogP contribution in [-0.2, 0) is 4.79 Å². The Morgan fingerprint density at radius 2 is 1.61 bits per heavy atom. The Labute approximate surface area is 183 Å². The fraction of sp³-hybridized carbons (Fsp3) is 0.417. The molecule has 166 valence electrons. The van der Waals surface area contributed by atoms with E-state index in [0.717, 1.165) is 27.9 Å². The first-order valence-electron chi connectivity index (χ1n) is 10.6. The minimum atomic E-state index is -0.402. The maximum absolute atomic E-state index is 12.5. The highest BCUT2D eigenvalue weighted by molar-refractivity contribution is 5.95. The molecule has 2 aromatic rings. The van der Waals surface area contributed by atoms with E-state index in [1.165, 1.54) is 0 Å². The van der Waals surface area contributed by atoms with Gasteiger partial charge in [-0.3, -0.25) is 4.79 Å². The summed E-state index contributed by atoms with van der Waals surface area (Å²) in [4.78, 5) is 24.9. The summed E-state index contributed by atoms with van der Waals surface area (Å²) in [5.74, 6) is 1.26. The summed E-state index contributed by atoms with van der Waals surface area (Å²) in [6, 6.07) is 9.08.